The first kappa shape index (κ1) is 14.7. The largest absolute Gasteiger partial charge is 0.465 e. The van der Waals surface area contributed by atoms with Gasteiger partial charge in [0.2, 0.25) is 0 Å². The van der Waals surface area contributed by atoms with Crippen molar-refractivity contribution in [3.05, 3.63) is 23.3 Å². The fourth-order valence-electron chi connectivity index (χ4n) is 2.61. The van der Waals surface area contributed by atoms with Crippen molar-refractivity contribution < 1.29 is 14.6 Å². The van der Waals surface area contributed by atoms with Crippen molar-refractivity contribution in [2.45, 2.75) is 26.4 Å². The number of ether oxygens (including phenoxy) is 1. The molecule has 1 aliphatic heterocycles. The van der Waals surface area contributed by atoms with Crippen LogP contribution in [0.15, 0.2) is 12.1 Å². The first-order valence-corrected chi connectivity index (χ1v) is 6.85. The molecule has 2 atom stereocenters. The van der Waals surface area contributed by atoms with Crippen LogP contribution in [0.25, 0.3) is 0 Å². The number of aliphatic hydroxyl groups is 1. The van der Waals surface area contributed by atoms with Crippen molar-refractivity contribution >= 4 is 17.3 Å². The zero-order chi connectivity index (χ0) is 14.9. The molecule has 0 saturated carbocycles. The Kier molecular flexibility index (Phi) is 4.18. The highest BCUT2D eigenvalue weighted by Crippen LogP contribution is 2.29. The third-order valence-corrected chi connectivity index (χ3v) is 4.00. The van der Waals surface area contributed by atoms with Gasteiger partial charge in [0, 0.05) is 24.5 Å². The molecule has 110 valence electrons. The highest BCUT2D eigenvalue weighted by atomic mass is 16.5. The fraction of sp³-hybridized carbons (Fsp3) is 0.533. The lowest BCUT2D eigenvalue weighted by molar-refractivity contribution is 0.0601. The Labute approximate surface area is 119 Å². The minimum absolute atomic E-state index is 0.211. The number of piperidine rings is 1. The molecular formula is C15H22N2O3. The van der Waals surface area contributed by atoms with Crippen molar-refractivity contribution in [2.75, 3.05) is 30.8 Å². The number of methoxy groups -OCH3 is 1. The van der Waals surface area contributed by atoms with Gasteiger partial charge in [-0.2, -0.15) is 0 Å². The number of carbonyl (C=O) groups is 1. The standard InChI is InChI=1S/C15H22N2O3/c1-9-6-11(7-12(14(9)16)15(19)20-3)17-5-4-13(18)10(2)8-17/h6-7,10,13,18H,4-5,8,16H2,1-3H3. The van der Waals surface area contributed by atoms with E-state index < -0.39 is 5.97 Å². The van der Waals surface area contributed by atoms with Gasteiger partial charge < -0.3 is 20.5 Å². The SMILES string of the molecule is COC(=O)c1cc(N2CCC(O)C(C)C2)cc(C)c1N. The highest BCUT2D eigenvalue weighted by molar-refractivity contribution is 5.97. The van der Waals surface area contributed by atoms with Crippen LogP contribution in [0, 0.1) is 12.8 Å². The molecule has 0 amide bonds. The minimum atomic E-state index is -0.419. The first-order chi connectivity index (χ1) is 9.43. The Morgan fingerprint density at radius 2 is 2.20 bits per heavy atom. The van der Waals surface area contributed by atoms with Crippen LogP contribution in [0.1, 0.15) is 29.3 Å². The summed E-state index contributed by atoms with van der Waals surface area (Å²) < 4.78 is 4.78. The molecule has 1 fully saturated rings. The summed E-state index contributed by atoms with van der Waals surface area (Å²) in [6.07, 6.45) is 0.485. The normalized spacial score (nSPS) is 22.7. The third-order valence-electron chi connectivity index (χ3n) is 4.00. The zero-order valence-electron chi connectivity index (χ0n) is 12.2. The van der Waals surface area contributed by atoms with Crippen molar-refractivity contribution in [3.63, 3.8) is 0 Å². The van der Waals surface area contributed by atoms with Gasteiger partial charge in [0.05, 0.1) is 18.8 Å². The fourth-order valence-corrected chi connectivity index (χ4v) is 2.61. The summed E-state index contributed by atoms with van der Waals surface area (Å²) in [4.78, 5) is 14.0. The van der Waals surface area contributed by atoms with Gasteiger partial charge in [-0.05, 0) is 37.0 Å². The number of hydrogen-bond donors (Lipinski definition) is 2. The van der Waals surface area contributed by atoms with Gasteiger partial charge >= 0.3 is 5.97 Å². The molecule has 5 heteroatoms. The van der Waals surface area contributed by atoms with Crippen molar-refractivity contribution in [1.82, 2.24) is 0 Å². The smallest absolute Gasteiger partial charge is 0.340 e. The third kappa shape index (κ3) is 2.72. The summed E-state index contributed by atoms with van der Waals surface area (Å²) >= 11 is 0. The van der Waals surface area contributed by atoms with E-state index >= 15 is 0 Å². The van der Waals surface area contributed by atoms with Gasteiger partial charge in [-0.3, -0.25) is 0 Å². The maximum absolute atomic E-state index is 11.8. The molecule has 20 heavy (non-hydrogen) atoms. The van der Waals surface area contributed by atoms with Gasteiger partial charge in [0.15, 0.2) is 0 Å². The van der Waals surface area contributed by atoms with Gasteiger partial charge in [0.25, 0.3) is 0 Å². The van der Waals surface area contributed by atoms with E-state index in [9.17, 15) is 9.90 Å². The van der Waals surface area contributed by atoms with Crippen molar-refractivity contribution in [3.8, 4) is 0 Å². The zero-order valence-corrected chi connectivity index (χ0v) is 12.2. The second-order valence-electron chi connectivity index (χ2n) is 5.49. The molecule has 1 heterocycles. The number of nitrogens with two attached hydrogens (primary N) is 1. The molecule has 0 spiro atoms. The molecule has 0 aromatic heterocycles. The Morgan fingerprint density at radius 3 is 2.80 bits per heavy atom. The van der Waals surface area contributed by atoms with E-state index in [0.717, 1.165) is 30.8 Å². The van der Waals surface area contributed by atoms with Crippen LogP contribution < -0.4 is 10.6 Å². The molecule has 2 rings (SSSR count). The number of rotatable bonds is 2. The number of anilines is 2. The number of benzene rings is 1. The lowest BCUT2D eigenvalue weighted by atomic mass is 9.95. The molecule has 1 aliphatic rings. The summed E-state index contributed by atoms with van der Waals surface area (Å²) in [5.74, 6) is -0.208. The number of nitrogen functional groups attached to an aromatic ring is 1. The summed E-state index contributed by atoms with van der Waals surface area (Å²) in [5, 5.41) is 9.80. The summed E-state index contributed by atoms with van der Waals surface area (Å²) in [5.41, 5.74) is 8.63. The van der Waals surface area contributed by atoms with Crippen LogP contribution in [0.3, 0.4) is 0 Å². The van der Waals surface area contributed by atoms with E-state index in [2.05, 4.69) is 4.90 Å². The molecule has 1 aromatic rings. The minimum Gasteiger partial charge on any atom is -0.465 e. The quantitative estimate of drug-likeness (QED) is 0.634. The van der Waals surface area contributed by atoms with Gasteiger partial charge in [-0.1, -0.05) is 6.92 Å². The van der Waals surface area contributed by atoms with E-state index in [1.54, 1.807) is 6.07 Å². The Balaban J connectivity index is 2.33. The number of hydrogen-bond acceptors (Lipinski definition) is 5. The lowest BCUT2D eigenvalue weighted by Gasteiger charge is -2.36. The van der Waals surface area contributed by atoms with E-state index in [0.29, 0.717) is 11.3 Å². The van der Waals surface area contributed by atoms with E-state index in [1.807, 2.05) is 19.9 Å². The lowest BCUT2D eigenvalue weighted by Crippen LogP contribution is -2.42. The summed E-state index contributed by atoms with van der Waals surface area (Å²) in [6.45, 7) is 5.45. The molecule has 0 radical (unpaired) electrons. The Bertz CT molecular complexity index is 516. The second kappa shape index (κ2) is 5.71. The Morgan fingerprint density at radius 1 is 1.50 bits per heavy atom. The predicted molar refractivity (Wildman–Crippen MR) is 78.9 cm³/mol. The number of aliphatic hydroxyl groups excluding tert-OH is 1. The topological polar surface area (TPSA) is 75.8 Å². The summed E-state index contributed by atoms with van der Waals surface area (Å²) in [6, 6.07) is 3.75. The maximum atomic E-state index is 11.8. The van der Waals surface area contributed by atoms with Gasteiger partial charge in [0.1, 0.15) is 0 Å². The average Bonchev–Trinajstić information content (AvgIpc) is 2.44. The Hall–Kier alpha value is -1.75. The van der Waals surface area contributed by atoms with Crippen LogP contribution in [-0.4, -0.2) is 37.4 Å². The molecule has 2 unspecified atom stereocenters. The van der Waals surface area contributed by atoms with Gasteiger partial charge in [-0.15, -0.1) is 0 Å². The van der Waals surface area contributed by atoms with Crippen molar-refractivity contribution in [1.29, 1.82) is 0 Å². The average molecular weight is 278 g/mol. The van der Waals surface area contributed by atoms with Crippen LogP contribution in [0.5, 0.6) is 0 Å². The number of nitrogens with zero attached hydrogens (tertiary/aromatic N) is 1. The number of carbonyl (C=O) groups excluding carboxylic acids is 1. The number of esters is 1. The van der Waals surface area contributed by atoms with Crippen LogP contribution in [0.2, 0.25) is 0 Å². The molecule has 0 bridgehead atoms. The summed E-state index contributed by atoms with van der Waals surface area (Å²) in [7, 11) is 1.35. The monoisotopic (exact) mass is 278 g/mol. The first-order valence-electron chi connectivity index (χ1n) is 6.85. The second-order valence-corrected chi connectivity index (χ2v) is 5.49. The molecular weight excluding hydrogens is 256 g/mol. The van der Waals surface area contributed by atoms with Crippen molar-refractivity contribution in [2.24, 2.45) is 5.92 Å². The van der Waals surface area contributed by atoms with E-state index in [1.165, 1.54) is 7.11 Å². The van der Waals surface area contributed by atoms with E-state index in [-0.39, 0.29) is 12.0 Å². The molecule has 1 aromatic carbocycles. The highest BCUT2D eigenvalue weighted by Gasteiger charge is 2.25. The van der Waals surface area contributed by atoms with E-state index in [4.69, 9.17) is 10.5 Å². The predicted octanol–water partition coefficient (Wildman–Crippen LogP) is 1.57. The molecule has 3 N–H and O–H groups in total. The molecule has 0 aliphatic carbocycles. The number of aryl methyl sites for hydroxylation is 1. The maximum Gasteiger partial charge on any atom is 0.340 e. The van der Waals surface area contributed by atoms with Crippen LogP contribution >= 0.6 is 0 Å². The molecule has 1 saturated heterocycles. The van der Waals surface area contributed by atoms with Gasteiger partial charge in [-0.25, -0.2) is 4.79 Å². The van der Waals surface area contributed by atoms with Crippen LogP contribution in [0.4, 0.5) is 11.4 Å². The van der Waals surface area contributed by atoms with Crippen LogP contribution in [-0.2, 0) is 4.74 Å². The molecule has 5 nitrogen and oxygen atoms in total.